The van der Waals surface area contributed by atoms with E-state index in [2.05, 4.69) is 15.1 Å². The van der Waals surface area contributed by atoms with Crippen molar-refractivity contribution in [2.75, 3.05) is 6.54 Å². The third-order valence-corrected chi connectivity index (χ3v) is 5.00. The molecule has 0 unspecified atom stereocenters. The first kappa shape index (κ1) is 15.1. The van der Waals surface area contributed by atoms with Gasteiger partial charge in [-0.3, -0.25) is 4.79 Å². The number of nitrogens with one attached hydrogen (secondary N) is 1. The van der Waals surface area contributed by atoms with Crippen LogP contribution < -0.4 is 0 Å². The second-order valence-electron chi connectivity index (χ2n) is 6.60. The van der Waals surface area contributed by atoms with Gasteiger partial charge in [0.05, 0.1) is 23.3 Å². The minimum atomic E-state index is -0.0534. The molecule has 0 bridgehead atoms. The average Bonchev–Trinajstić information content (AvgIpc) is 3.31. The average molecular weight is 346 g/mol. The maximum absolute atomic E-state index is 13.3. The minimum absolute atomic E-state index is 0.0381. The SMILES string of the molecule is O=C(c1cnn2cccnc12)N1CCCC[C@@H]1c1nc2ccccc2[nH]1. The lowest BCUT2D eigenvalue weighted by molar-refractivity contribution is 0.0603. The van der Waals surface area contributed by atoms with Gasteiger partial charge >= 0.3 is 0 Å². The zero-order chi connectivity index (χ0) is 17.5. The Morgan fingerprint density at radius 1 is 1.19 bits per heavy atom. The van der Waals surface area contributed by atoms with E-state index in [9.17, 15) is 4.79 Å². The number of aromatic amines is 1. The molecule has 1 atom stereocenters. The van der Waals surface area contributed by atoms with Crippen molar-refractivity contribution in [1.29, 1.82) is 0 Å². The molecule has 0 saturated carbocycles. The molecule has 5 rings (SSSR count). The number of H-pyrrole nitrogens is 1. The molecule has 7 nitrogen and oxygen atoms in total. The van der Waals surface area contributed by atoms with Crippen LogP contribution in [-0.4, -0.2) is 41.9 Å². The first-order valence-corrected chi connectivity index (χ1v) is 8.85. The minimum Gasteiger partial charge on any atom is -0.340 e. The number of imidazole rings is 1. The Labute approximate surface area is 149 Å². The first-order valence-electron chi connectivity index (χ1n) is 8.85. The van der Waals surface area contributed by atoms with Crippen molar-refractivity contribution in [3.05, 3.63) is 60.3 Å². The van der Waals surface area contributed by atoms with Gasteiger partial charge in [0.2, 0.25) is 0 Å². The molecule has 4 aromatic rings. The summed E-state index contributed by atoms with van der Waals surface area (Å²) in [6, 6.07) is 9.70. The summed E-state index contributed by atoms with van der Waals surface area (Å²) in [5.74, 6) is 0.813. The fourth-order valence-electron chi connectivity index (χ4n) is 3.72. The van der Waals surface area contributed by atoms with Crippen molar-refractivity contribution in [1.82, 2.24) is 29.5 Å². The molecular weight excluding hydrogens is 328 g/mol. The predicted molar refractivity (Wildman–Crippen MR) is 96.7 cm³/mol. The Morgan fingerprint density at radius 2 is 2.12 bits per heavy atom. The first-order chi connectivity index (χ1) is 12.8. The topological polar surface area (TPSA) is 79.2 Å². The molecule has 1 fully saturated rings. The van der Waals surface area contributed by atoms with Crippen molar-refractivity contribution < 1.29 is 4.79 Å². The quantitative estimate of drug-likeness (QED) is 0.605. The fraction of sp³-hybridized carbons (Fsp3) is 0.263. The number of hydrogen-bond donors (Lipinski definition) is 1. The molecule has 1 saturated heterocycles. The number of carbonyl (C=O) groups is 1. The van der Waals surface area contributed by atoms with Crippen LogP contribution in [0.2, 0.25) is 0 Å². The van der Waals surface area contributed by atoms with E-state index in [1.807, 2.05) is 29.2 Å². The van der Waals surface area contributed by atoms with E-state index >= 15 is 0 Å². The van der Waals surface area contributed by atoms with E-state index in [0.717, 1.165) is 36.1 Å². The molecule has 3 aromatic heterocycles. The lowest BCUT2D eigenvalue weighted by atomic mass is 10.0. The Hall–Kier alpha value is -3.22. The molecule has 130 valence electrons. The van der Waals surface area contributed by atoms with Crippen LogP contribution in [0.4, 0.5) is 0 Å². The number of carbonyl (C=O) groups excluding carboxylic acids is 1. The molecule has 7 heteroatoms. The van der Waals surface area contributed by atoms with Crippen LogP contribution in [0, 0.1) is 0 Å². The van der Waals surface area contributed by atoms with Crippen LogP contribution in [-0.2, 0) is 0 Å². The van der Waals surface area contributed by atoms with E-state index in [1.165, 1.54) is 0 Å². The summed E-state index contributed by atoms with van der Waals surface area (Å²) in [4.78, 5) is 27.6. The van der Waals surface area contributed by atoms with Gasteiger partial charge < -0.3 is 9.88 Å². The van der Waals surface area contributed by atoms with Crippen molar-refractivity contribution in [3.8, 4) is 0 Å². The zero-order valence-electron chi connectivity index (χ0n) is 14.2. The molecule has 0 spiro atoms. The third kappa shape index (κ3) is 2.35. The Kier molecular flexibility index (Phi) is 3.44. The maximum atomic E-state index is 13.3. The van der Waals surface area contributed by atoms with E-state index in [0.29, 0.717) is 17.8 Å². The van der Waals surface area contributed by atoms with Crippen molar-refractivity contribution >= 4 is 22.6 Å². The molecule has 1 aromatic carbocycles. The van der Waals surface area contributed by atoms with Gasteiger partial charge in [-0.25, -0.2) is 14.5 Å². The number of rotatable bonds is 2. The Bertz CT molecular complexity index is 1060. The Balaban J connectivity index is 1.54. The summed E-state index contributed by atoms with van der Waals surface area (Å²) >= 11 is 0. The summed E-state index contributed by atoms with van der Waals surface area (Å²) in [5.41, 5.74) is 3.05. The number of amides is 1. The largest absolute Gasteiger partial charge is 0.340 e. The molecule has 1 N–H and O–H groups in total. The smallest absolute Gasteiger partial charge is 0.259 e. The molecule has 0 aliphatic carbocycles. The van der Waals surface area contributed by atoms with Gasteiger partial charge in [0.25, 0.3) is 5.91 Å². The molecule has 1 amide bonds. The van der Waals surface area contributed by atoms with Crippen molar-refractivity contribution in [2.24, 2.45) is 0 Å². The van der Waals surface area contributed by atoms with E-state index in [1.54, 1.807) is 29.2 Å². The summed E-state index contributed by atoms with van der Waals surface area (Å²) in [6.45, 7) is 0.713. The van der Waals surface area contributed by atoms with Gasteiger partial charge in [-0.15, -0.1) is 0 Å². The number of piperidine rings is 1. The van der Waals surface area contributed by atoms with Gasteiger partial charge in [-0.2, -0.15) is 5.10 Å². The summed E-state index contributed by atoms with van der Waals surface area (Å²) in [7, 11) is 0. The highest BCUT2D eigenvalue weighted by Crippen LogP contribution is 2.32. The highest BCUT2D eigenvalue weighted by atomic mass is 16.2. The molecule has 26 heavy (non-hydrogen) atoms. The lowest BCUT2D eigenvalue weighted by Crippen LogP contribution is -2.39. The fourth-order valence-corrected chi connectivity index (χ4v) is 3.72. The number of benzene rings is 1. The number of likely N-dealkylation sites (tertiary alicyclic amines) is 1. The highest BCUT2D eigenvalue weighted by Gasteiger charge is 2.32. The van der Waals surface area contributed by atoms with Crippen LogP contribution in [0.3, 0.4) is 0 Å². The van der Waals surface area contributed by atoms with Gasteiger partial charge in [-0.1, -0.05) is 12.1 Å². The van der Waals surface area contributed by atoms with Gasteiger partial charge in [0.1, 0.15) is 11.4 Å². The van der Waals surface area contributed by atoms with Gasteiger partial charge in [0.15, 0.2) is 5.65 Å². The number of fused-ring (bicyclic) bond motifs is 2. The van der Waals surface area contributed by atoms with Gasteiger partial charge in [-0.05, 0) is 37.5 Å². The lowest BCUT2D eigenvalue weighted by Gasteiger charge is -2.34. The number of nitrogens with zero attached hydrogens (tertiary/aromatic N) is 5. The summed E-state index contributed by atoms with van der Waals surface area (Å²) < 4.78 is 1.63. The van der Waals surface area contributed by atoms with Crippen LogP contribution in [0.1, 0.15) is 41.5 Å². The maximum Gasteiger partial charge on any atom is 0.259 e. The zero-order valence-corrected chi connectivity index (χ0v) is 14.2. The Morgan fingerprint density at radius 3 is 3.04 bits per heavy atom. The second kappa shape index (κ2) is 5.94. The predicted octanol–water partition coefficient (Wildman–Crippen LogP) is 2.97. The van der Waals surface area contributed by atoms with Crippen LogP contribution >= 0.6 is 0 Å². The van der Waals surface area contributed by atoms with Crippen LogP contribution in [0.15, 0.2) is 48.9 Å². The number of para-hydroxylation sites is 2. The molecule has 4 heterocycles. The van der Waals surface area contributed by atoms with Crippen LogP contribution in [0.25, 0.3) is 16.7 Å². The summed E-state index contributed by atoms with van der Waals surface area (Å²) in [5, 5.41) is 4.25. The van der Waals surface area contributed by atoms with E-state index in [4.69, 9.17) is 4.98 Å². The van der Waals surface area contributed by atoms with Crippen LogP contribution in [0.5, 0.6) is 0 Å². The van der Waals surface area contributed by atoms with E-state index in [-0.39, 0.29) is 11.9 Å². The molecule has 0 radical (unpaired) electrons. The highest BCUT2D eigenvalue weighted by molar-refractivity contribution is 5.99. The standard InChI is InChI=1S/C19H18N6O/c26-19(13-12-21-25-11-5-9-20-18(13)25)24-10-4-3-8-16(24)17-22-14-6-1-2-7-15(14)23-17/h1-2,5-7,9,11-12,16H,3-4,8,10H2,(H,22,23)/t16-/m1/s1. The number of aromatic nitrogens is 5. The van der Waals surface area contributed by atoms with Gasteiger partial charge in [0, 0.05) is 18.9 Å². The monoisotopic (exact) mass is 346 g/mol. The van der Waals surface area contributed by atoms with E-state index < -0.39 is 0 Å². The summed E-state index contributed by atoms with van der Waals surface area (Å²) in [6.07, 6.45) is 8.06. The molecule has 1 aliphatic heterocycles. The van der Waals surface area contributed by atoms with Crippen molar-refractivity contribution in [2.45, 2.75) is 25.3 Å². The van der Waals surface area contributed by atoms with Crippen molar-refractivity contribution in [3.63, 3.8) is 0 Å². The number of hydrogen-bond acceptors (Lipinski definition) is 4. The molecule has 1 aliphatic rings. The normalized spacial score (nSPS) is 17.8. The second-order valence-corrected chi connectivity index (χ2v) is 6.60. The molecular formula is C19H18N6O. The third-order valence-electron chi connectivity index (χ3n) is 5.00.